The number of benzene rings is 1. The van der Waals surface area contributed by atoms with Gasteiger partial charge in [0, 0.05) is 10.4 Å². The fraction of sp³-hybridized carbons (Fsp3) is 0.381. The number of hydrogen-bond acceptors (Lipinski definition) is 5. The van der Waals surface area contributed by atoms with Crippen molar-refractivity contribution in [2.24, 2.45) is 5.92 Å². The number of thiophene rings is 1. The van der Waals surface area contributed by atoms with Gasteiger partial charge >= 0.3 is 6.09 Å². The van der Waals surface area contributed by atoms with Gasteiger partial charge in [-0.3, -0.25) is 14.9 Å². The van der Waals surface area contributed by atoms with Gasteiger partial charge in [-0.05, 0) is 67.9 Å². The minimum atomic E-state index is -0.819. The average molecular weight is 401 g/mol. The van der Waals surface area contributed by atoms with E-state index < -0.39 is 12.0 Å². The van der Waals surface area contributed by atoms with Gasteiger partial charge in [-0.1, -0.05) is 13.0 Å². The van der Waals surface area contributed by atoms with Crippen LogP contribution in [-0.2, 0) is 17.6 Å². The summed E-state index contributed by atoms with van der Waals surface area (Å²) >= 11 is 1.41. The summed E-state index contributed by atoms with van der Waals surface area (Å²) in [5.41, 5.74) is 3.95. The van der Waals surface area contributed by atoms with Crippen molar-refractivity contribution in [2.75, 3.05) is 12.4 Å². The Kier molecular flexibility index (Phi) is 5.84. The lowest BCUT2D eigenvalue weighted by Gasteiger charge is -2.18. The zero-order valence-corrected chi connectivity index (χ0v) is 17.3. The molecule has 2 aromatic rings. The van der Waals surface area contributed by atoms with Gasteiger partial charge in [0.25, 0.3) is 11.8 Å². The standard InChI is InChI=1S/C21H24N2O4S/c1-11-5-8-15-16(9-11)28-20(17(15)19(25)23-21(26)27-4)22-18(24)14-7-6-12(2)13(3)10-14/h6-7,10-11H,5,8-9H2,1-4H3,(H,22,24)(H,23,25,26)/t11-/m1/s1. The Labute approximate surface area is 168 Å². The molecular formula is C21H24N2O4S. The number of ether oxygens (including phenoxy) is 1. The highest BCUT2D eigenvalue weighted by Crippen LogP contribution is 2.39. The number of anilines is 1. The van der Waals surface area contributed by atoms with Gasteiger partial charge in [0.05, 0.1) is 12.7 Å². The molecule has 3 rings (SSSR count). The number of rotatable bonds is 3. The molecule has 1 aliphatic carbocycles. The van der Waals surface area contributed by atoms with Crippen LogP contribution in [0.2, 0.25) is 0 Å². The normalized spacial score (nSPS) is 15.5. The lowest BCUT2D eigenvalue weighted by Crippen LogP contribution is -2.31. The van der Waals surface area contributed by atoms with Gasteiger partial charge in [-0.25, -0.2) is 4.79 Å². The van der Waals surface area contributed by atoms with E-state index in [4.69, 9.17) is 0 Å². The van der Waals surface area contributed by atoms with Crippen LogP contribution in [0.1, 0.15) is 55.6 Å². The van der Waals surface area contributed by atoms with E-state index in [0.29, 0.717) is 22.0 Å². The largest absolute Gasteiger partial charge is 0.453 e. The van der Waals surface area contributed by atoms with E-state index in [1.807, 2.05) is 26.0 Å². The van der Waals surface area contributed by atoms with E-state index in [9.17, 15) is 14.4 Å². The summed E-state index contributed by atoms with van der Waals surface area (Å²) in [5.74, 6) is -0.304. The second-order valence-electron chi connectivity index (χ2n) is 7.25. The second-order valence-corrected chi connectivity index (χ2v) is 8.36. The number of alkyl carbamates (subject to hydrolysis) is 1. The molecule has 6 nitrogen and oxygen atoms in total. The SMILES string of the molecule is COC(=O)NC(=O)c1c(NC(=O)c2ccc(C)c(C)c2)sc2c1CC[C@@H](C)C2. The Morgan fingerprint density at radius 1 is 1.14 bits per heavy atom. The Bertz CT molecular complexity index is 948. The van der Waals surface area contributed by atoms with Crippen LogP contribution in [-0.4, -0.2) is 25.0 Å². The maximum Gasteiger partial charge on any atom is 0.413 e. The number of aryl methyl sites for hydroxylation is 2. The third-order valence-corrected chi connectivity index (χ3v) is 6.31. The summed E-state index contributed by atoms with van der Waals surface area (Å²) in [7, 11) is 1.20. The smallest absolute Gasteiger partial charge is 0.413 e. The molecule has 0 saturated carbocycles. The molecule has 1 heterocycles. The molecule has 148 valence electrons. The Morgan fingerprint density at radius 3 is 2.57 bits per heavy atom. The Hall–Kier alpha value is -2.67. The monoisotopic (exact) mass is 400 g/mol. The molecule has 1 atom stereocenters. The molecule has 7 heteroatoms. The maximum atomic E-state index is 12.8. The van der Waals surface area contributed by atoms with Crippen LogP contribution in [0.5, 0.6) is 0 Å². The number of nitrogens with one attached hydrogen (secondary N) is 2. The summed E-state index contributed by atoms with van der Waals surface area (Å²) in [6.45, 7) is 6.11. The molecule has 1 aliphatic rings. The van der Waals surface area contributed by atoms with Crippen LogP contribution in [0.3, 0.4) is 0 Å². The number of hydrogen-bond donors (Lipinski definition) is 2. The molecular weight excluding hydrogens is 376 g/mol. The van der Waals surface area contributed by atoms with Crippen molar-refractivity contribution in [3.8, 4) is 0 Å². The van der Waals surface area contributed by atoms with Crippen LogP contribution in [0.4, 0.5) is 9.80 Å². The van der Waals surface area contributed by atoms with Crippen molar-refractivity contribution in [3.05, 3.63) is 50.9 Å². The molecule has 0 aliphatic heterocycles. The van der Waals surface area contributed by atoms with Crippen LogP contribution < -0.4 is 10.6 Å². The highest BCUT2D eigenvalue weighted by atomic mass is 32.1. The first-order valence-electron chi connectivity index (χ1n) is 9.22. The van der Waals surface area contributed by atoms with Crippen molar-refractivity contribution >= 4 is 34.2 Å². The predicted octanol–water partition coefficient (Wildman–Crippen LogP) is 4.24. The minimum absolute atomic E-state index is 0.276. The third-order valence-electron chi connectivity index (χ3n) is 5.14. The average Bonchev–Trinajstić information content (AvgIpc) is 3.00. The number of carbonyl (C=O) groups is 3. The molecule has 0 bridgehead atoms. The van der Waals surface area contributed by atoms with E-state index in [1.54, 1.807) is 6.07 Å². The number of methoxy groups -OCH3 is 1. The van der Waals surface area contributed by atoms with E-state index in [1.165, 1.54) is 18.4 Å². The van der Waals surface area contributed by atoms with Gasteiger partial charge in [-0.15, -0.1) is 11.3 Å². The maximum absolute atomic E-state index is 12.8. The van der Waals surface area contributed by atoms with Gasteiger partial charge in [0.15, 0.2) is 0 Å². The van der Waals surface area contributed by atoms with E-state index in [0.717, 1.165) is 40.8 Å². The lowest BCUT2D eigenvalue weighted by atomic mass is 9.88. The van der Waals surface area contributed by atoms with Gasteiger partial charge in [0.2, 0.25) is 0 Å². The fourth-order valence-corrected chi connectivity index (χ4v) is 4.75. The van der Waals surface area contributed by atoms with Crippen molar-refractivity contribution in [3.63, 3.8) is 0 Å². The van der Waals surface area contributed by atoms with Crippen LogP contribution >= 0.6 is 11.3 Å². The lowest BCUT2D eigenvalue weighted by molar-refractivity contribution is 0.0937. The van der Waals surface area contributed by atoms with Crippen molar-refractivity contribution in [1.29, 1.82) is 0 Å². The van der Waals surface area contributed by atoms with E-state index in [-0.39, 0.29) is 5.91 Å². The summed E-state index contributed by atoms with van der Waals surface area (Å²) in [6.07, 6.45) is 1.75. The van der Waals surface area contributed by atoms with Crippen molar-refractivity contribution in [1.82, 2.24) is 5.32 Å². The molecule has 0 unspecified atom stereocenters. The van der Waals surface area contributed by atoms with Gasteiger partial charge < -0.3 is 10.1 Å². The molecule has 28 heavy (non-hydrogen) atoms. The number of carbonyl (C=O) groups excluding carboxylic acids is 3. The first kappa shape index (κ1) is 20.1. The zero-order valence-electron chi connectivity index (χ0n) is 16.5. The molecule has 0 radical (unpaired) electrons. The minimum Gasteiger partial charge on any atom is -0.453 e. The topological polar surface area (TPSA) is 84.5 Å². The molecule has 0 spiro atoms. The summed E-state index contributed by atoms with van der Waals surface area (Å²) in [6, 6.07) is 5.49. The first-order chi connectivity index (χ1) is 13.3. The van der Waals surface area contributed by atoms with Crippen molar-refractivity contribution in [2.45, 2.75) is 40.0 Å². The highest BCUT2D eigenvalue weighted by Gasteiger charge is 2.29. The van der Waals surface area contributed by atoms with Gasteiger partial charge in [-0.2, -0.15) is 0 Å². The fourth-order valence-electron chi connectivity index (χ4n) is 3.34. The number of amides is 3. The predicted molar refractivity (Wildman–Crippen MR) is 109 cm³/mol. The Balaban J connectivity index is 1.95. The molecule has 0 fully saturated rings. The van der Waals surface area contributed by atoms with Gasteiger partial charge in [0.1, 0.15) is 5.00 Å². The summed E-state index contributed by atoms with van der Waals surface area (Å²) in [5, 5.41) is 5.58. The molecule has 3 amide bonds. The van der Waals surface area contributed by atoms with Crippen molar-refractivity contribution < 1.29 is 19.1 Å². The van der Waals surface area contributed by atoms with E-state index >= 15 is 0 Å². The zero-order chi connectivity index (χ0) is 20.4. The second kappa shape index (κ2) is 8.14. The third kappa shape index (κ3) is 4.09. The van der Waals surface area contributed by atoms with Crippen LogP contribution in [0.15, 0.2) is 18.2 Å². The summed E-state index contributed by atoms with van der Waals surface area (Å²) < 4.78 is 4.54. The molecule has 2 N–H and O–H groups in total. The highest BCUT2D eigenvalue weighted by molar-refractivity contribution is 7.17. The molecule has 1 aromatic carbocycles. The Morgan fingerprint density at radius 2 is 1.89 bits per heavy atom. The number of fused-ring (bicyclic) bond motifs is 1. The van der Waals surface area contributed by atoms with E-state index in [2.05, 4.69) is 22.3 Å². The summed E-state index contributed by atoms with van der Waals surface area (Å²) in [4.78, 5) is 38.1. The van der Waals surface area contributed by atoms with Crippen LogP contribution in [0, 0.1) is 19.8 Å². The quantitative estimate of drug-likeness (QED) is 0.807. The first-order valence-corrected chi connectivity index (χ1v) is 10.0. The molecule has 0 saturated heterocycles. The number of imide groups is 1. The molecule has 1 aromatic heterocycles. The van der Waals surface area contributed by atoms with Crippen LogP contribution in [0.25, 0.3) is 0 Å².